The van der Waals surface area contributed by atoms with E-state index >= 15 is 0 Å². The highest BCUT2D eigenvalue weighted by molar-refractivity contribution is 5.82. The molecule has 1 heterocycles. The molecule has 1 aliphatic rings. The number of hydrogen-bond donors (Lipinski definition) is 2. The Kier molecular flexibility index (Phi) is 3.65. The Labute approximate surface area is 86.6 Å². The van der Waals surface area contributed by atoms with Crippen molar-refractivity contribution in [1.82, 2.24) is 5.32 Å². The normalized spacial score (nSPS) is 25.5. The highest BCUT2D eigenvalue weighted by Gasteiger charge is 2.35. The SMILES string of the molecule is COC(=O)C[C@@H]1NC(=O)CC[C@H]1C(=O)O. The van der Waals surface area contributed by atoms with Gasteiger partial charge in [-0.05, 0) is 6.42 Å². The summed E-state index contributed by atoms with van der Waals surface area (Å²) in [6, 6.07) is -0.656. The summed E-state index contributed by atoms with van der Waals surface area (Å²) in [5, 5.41) is 11.4. The fourth-order valence-corrected chi connectivity index (χ4v) is 1.62. The van der Waals surface area contributed by atoms with Gasteiger partial charge in [-0.3, -0.25) is 14.4 Å². The van der Waals surface area contributed by atoms with Gasteiger partial charge in [-0.25, -0.2) is 0 Å². The van der Waals surface area contributed by atoms with E-state index in [2.05, 4.69) is 10.1 Å². The first-order valence-corrected chi connectivity index (χ1v) is 4.63. The van der Waals surface area contributed by atoms with Gasteiger partial charge >= 0.3 is 11.9 Å². The summed E-state index contributed by atoms with van der Waals surface area (Å²) in [7, 11) is 1.22. The average Bonchev–Trinajstić information content (AvgIpc) is 2.17. The maximum absolute atomic E-state index is 11.1. The third-order valence-corrected chi connectivity index (χ3v) is 2.45. The van der Waals surface area contributed by atoms with Gasteiger partial charge in [0.2, 0.25) is 5.91 Å². The summed E-state index contributed by atoms with van der Waals surface area (Å²) in [6.07, 6.45) is 0.358. The molecule has 6 nitrogen and oxygen atoms in total. The number of carbonyl (C=O) groups is 3. The number of aliphatic carboxylic acids is 1. The zero-order valence-electron chi connectivity index (χ0n) is 8.36. The fraction of sp³-hybridized carbons (Fsp3) is 0.667. The van der Waals surface area contributed by atoms with E-state index in [0.717, 1.165) is 0 Å². The minimum atomic E-state index is -0.996. The summed E-state index contributed by atoms with van der Waals surface area (Å²) < 4.78 is 4.43. The van der Waals surface area contributed by atoms with E-state index in [1.165, 1.54) is 7.11 Å². The molecule has 1 saturated heterocycles. The Balaban J connectivity index is 2.65. The minimum Gasteiger partial charge on any atom is -0.481 e. The minimum absolute atomic E-state index is 0.0980. The van der Waals surface area contributed by atoms with Crippen LogP contribution in [0.1, 0.15) is 19.3 Å². The molecule has 2 atom stereocenters. The first-order chi connectivity index (χ1) is 7.04. The van der Waals surface area contributed by atoms with Gasteiger partial charge in [0.05, 0.1) is 25.5 Å². The Hall–Kier alpha value is -1.59. The number of ether oxygens (including phenoxy) is 1. The molecule has 1 rings (SSSR count). The van der Waals surface area contributed by atoms with Gasteiger partial charge in [0.1, 0.15) is 0 Å². The molecule has 1 amide bonds. The molecule has 2 N–H and O–H groups in total. The summed E-state index contributed by atoms with van der Waals surface area (Å²) in [5.41, 5.74) is 0. The highest BCUT2D eigenvalue weighted by Crippen LogP contribution is 2.20. The lowest BCUT2D eigenvalue weighted by Gasteiger charge is -2.28. The zero-order valence-corrected chi connectivity index (χ0v) is 8.36. The molecule has 1 fully saturated rings. The number of carboxylic acid groups (broad SMARTS) is 1. The second-order valence-electron chi connectivity index (χ2n) is 3.44. The number of amides is 1. The summed E-state index contributed by atoms with van der Waals surface area (Å²) in [5.74, 6) is -2.44. The van der Waals surface area contributed by atoms with Crippen LogP contribution in [0.5, 0.6) is 0 Å². The molecule has 6 heteroatoms. The van der Waals surface area contributed by atoms with Gasteiger partial charge in [0.15, 0.2) is 0 Å². The molecule has 0 radical (unpaired) electrons. The summed E-state index contributed by atoms with van der Waals surface area (Å²) >= 11 is 0. The van der Waals surface area contributed by atoms with E-state index in [1.807, 2.05) is 0 Å². The van der Waals surface area contributed by atoms with E-state index in [1.54, 1.807) is 0 Å². The lowest BCUT2D eigenvalue weighted by molar-refractivity contribution is -0.147. The van der Waals surface area contributed by atoms with E-state index in [-0.39, 0.29) is 25.2 Å². The van der Waals surface area contributed by atoms with Crippen molar-refractivity contribution >= 4 is 17.8 Å². The lowest BCUT2D eigenvalue weighted by atomic mass is 9.88. The van der Waals surface area contributed by atoms with E-state index in [0.29, 0.717) is 0 Å². The van der Waals surface area contributed by atoms with Gasteiger partial charge in [-0.15, -0.1) is 0 Å². The Morgan fingerprint density at radius 1 is 1.60 bits per heavy atom. The standard InChI is InChI=1S/C9H13NO5/c1-15-8(12)4-6-5(9(13)14)2-3-7(11)10-6/h5-6H,2-4H2,1H3,(H,10,11)(H,13,14)/t5-,6+/m1/s1. The maximum Gasteiger partial charge on any atom is 0.308 e. The number of carboxylic acids is 1. The van der Waals surface area contributed by atoms with Crippen molar-refractivity contribution < 1.29 is 24.2 Å². The molecule has 0 saturated carbocycles. The van der Waals surface area contributed by atoms with Crippen LogP contribution in [-0.4, -0.2) is 36.1 Å². The topological polar surface area (TPSA) is 92.7 Å². The predicted molar refractivity (Wildman–Crippen MR) is 48.9 cm³/mol. The first-order valence-electron chi connectivity index (χ1n) is 4.63. The molecule has 1 aliphatic heterocycles. The molecular weight excluding hydrogens is 202 g/mol. The molecule has 0 aromatic heterocycles. The van der Waals surface area contributed by atoms with E-state index in [4.69, 9.17) is 5.11 Å². The summed E-state index contributed by atoms with van der Waals surface area (Å²) in [4.78, 5) is 32.9. The smallest absolute Gasteiger partial charge is 0.308 e. The van der Waals surface area contributed by atoms with Gasteiger partial charge in [-0.2, -0.15) is 0 Å². The van der Waals surface area contributed by atoms with Gasteiger partial charge < -0.3 is 15.2 Å². The van der Waals surface area contributed by atoms with Gasteiger partial charge in [0.25, 0.3) is 0 Å². The van der Waals surface area contributed by atoms with Crippen LogP contribution in [0.25, 0.3) is 0 Å². The molecular formula is C9H13NO5. The third kappa shape index (κ3) is 2.93. The highest BCUT2D eigenvalue weighted by atomic mass is 16.5. The fourth-order valence-electron chi connectivity index (χ4n) is 1.62. The lowest BCUT2D eigenvalue weighted by Crippen LogP contribution is -2.48. The molecule has 0 aliphatic carbocycles. The van der Waals surface area contributed by atoms with Crippen LogP contribution in [0.2, 0.25) is 0 Å². The Bertz CT molecular complexity index is 288. The van der Waals surface area contributed by atoms with Crippen LogP contribution in [-0.2, 0) is 19.1 Å². The number of piperidine rings is 1. The van der Waals surface area contributed by atoms with Crippen molar-refractivity contribution in [2.24, 2.45) is 5.92 Å². The number of carbonyl (C=O) groups excluding carboxylic acids is 2. The van der Waals surface area contributed by atoms with Gasteiger partial charge in [-0.1, -0.05) is 0 Å². The molecule has 0 unspecified atom stereocenters. The van der Waals surface area contributed by atoms with Crippen LogP contribution < -0.4 is 5.32 Å². The molecule has 15 heavy (non-hydrogen) atoms. The van der Waals surface area contributed by atoms with Crippen molar-refractivity contribution in [2.45, 2.75) is 25.3 Å². The Morgan fingerprint density at radius 2 is 2.27 bits per heavy atom. The molecule has 0 spiro atoms. The van der Waals surface area contributed by atoms with Crippen molar-refractivity contribution in [3.8, 4) is 0 Å². The zero-order chi connectivity index (χ0) is 11.4. The Morgan fingerprint density at radius 3 is 2.80 bits per heavy atom. The van der Waals surface area contributed by atoms with Crippen molar-refractivity contribution in [1.29, 1.82) is 0 Å². The monoisotopic (exact) mass is 215 g/mol. The van der Waals surface area contributed by atoms with Gasteiger partial charge in [0, 0.05) is 6.42 Å². The number of nitrogens with one attached hydrogen (secondary N) is 1. The molecule has 0 aromatic rings. The molecule has 0 bridgehead atoms. The van der Waals surface area contributed by atoms with Crippen molar-refractivity contribution in [3.05, 3.63) is 0 Å². The molecule has 84 valence electrons. The first kappa shape index (κ1) is 11.5. The van der Waals surface area contributed by atoms with Crippen LogP contribution in [0, 0.1) is 5.92 Å². The number of hydrogen-bond acceptors (Lipinski definition) is 4. The molecule has 0 aromatic carbocycles. The van der Waals surface area contributed by atoms with Crippen LogP contribution in [0.15, 0.2) is 0 Å². The number of rotatable bonds is 3. The largest absolute Gasteiger partial charge is 0.481 e. The second-order valence-corrected chi connectivity index (χ2v) is 3.44. The van der Waals surface area contributed by atoms with Crippen molar-refractivity contribution in [2.75, 3.05) is 7.11 Å². The third-order valence-electron chi connectivity index (χ3n) is 2.45. The van der Waals surface area contributed by atoms with E-state index < -0.39 is 23.9 Å². The number of methoxy groups -OCH3 is 1. The quantitative estimate of drug-likeness (QED) is 0.621. The maximum atomic E-state index is 11.1. The van der Waals surface area contributed by atoms with Crippen LogP contribution >= 0.6 is 0 Å². The average molecular weight is 215 g/mol. The predicted octanol–water partition coefficient (Wildman–Crippen LogP) is -0.471. The van der Waals surface area contributed by atoms with Crippen molar-refractivity contribution in [3.63, 3.8) is 0 Å². The second kappa shape index (κ2) is 4.77. The number of esters is 1. The van der Waals surface area contributed by atoms with Crippen LogP contribution in [0.4, 0.5) is 0 Å². The van der Waals surface area contributed by atoms with Crippen LogP contribution in [0.3, 0.4) is 0 Å². The van der Waals surface area contributed by atoms with E-state index in [9.17, 15) is 14.4 Å². The summed E-state index contributed by atoms with van der Waals surface area (Å²) in [6.45, 7) is 0.